The van der Waals surface area contributed by atoms with Gasteiger partial charge in [0.1, 0.15) is 10.3 Å². The highest BCUT2D eigenvalue weighted by atomic mass is 35.5. The highest BCUT2D eigenvalue weighted by Crippen LogP contribution is 2.27. The van der Waals surface area contributed by atoms with E-state index in [0.717, 1.165) is 11.6 Å². The summed E-state index contributed by atoms with van der Waals surface area (Å²) < 4.78 is 38.8. The van der Waals surface area contributed by atoms with Crippen LogP contribution in [0.4, 0.5) is 13.2 Å². The van der Waals surface area contributed by atoms with Gasteiger partial charge in [-0.1, -0.05) is 36.0 Å². The van der Waals surface area contributed by atoms with Gasteiger partial charge in [-0.05, 0) is 17.7 Å². The summed E-state index contributed by atoms with van der Waals surface area (Å²) in [6, 6.07) is 7.73. The fourth-order valence-corrected chi connectivity index (χ4v) is 1.82. The van der Waals surface area contributed by atoms with E-state index in [-0.39, 0.29) is 11.2 Å². The molecule has 0 spiro atoms. The van der Waals surface area contributed by atoms with Crippen molar-refractivity contribution in [2.24, 2.45) is 0 Å². The van der Waals surface area contributed by atoms with Gasteiger partial charge >= 0.3 is 6.18 Å². The van der Waals surface area contributed by atoms with E-state index in [1.54, 1.807) is 24.3 Å². The van der Waals surface area contributed by atoms with Crippen molar-refractivity contribution in [1.29, 1.82) is 0 Å². The second-order valence-electron chi connectivity index (χ2n) is 3.72. The van der Waals surface area contributed by atoms with E-state index in [9.17, 15) is 13.2 Å². The molecule has 0 aliphatic heterocycles. The topological polar surface area (TPSA) is 20.7 Å². The standard InChI is InChI=1S/C11H8ClF3N2S/c12-8-3-1-7(2-4-8)6-17-10(18)5-9(16-17)11(13,14)15/h1-5,16H,6H2. The molecule has 7 heteroatoms. The first-order valence-electron chi connectivity index (χ1n) is 4.98. The van der Waals surface area contributed by atoms with Gasteiger partial charge in [0.05, 0.1) is 6.54 Å². The van der Waals surface area contributed by atoms with Crippen LogP contribution in [0.25, 0.3) is 0 Å². The average Bonchev–Trinajstić information content (AvgIpc) is 2.63. The van der Waals surface area contributed by atoms with Crippen molar-refractivity contribution in [1.82, 2.24) is 9.78 Å². The quantitative estimate of drug-likeness (QED) is 0.820. The SMILES string of the molecule is FC(F)(F)c1cc(=S)n(Cc2ccc(Cl)cc2)[nH]1. The van der Waals surface area contributed by atoms with Crippen LogP contribution in [-0.2, 0) is 12.7 Å². The van der Waals surface area contributed by atoms with E-state index < -0.39 is 11.9 Å². The van der Waals surface area contributed by atoms with E-state index in [2.05, 4.69) is 5.10 Å². The Balaban J connectivity index is 2.27. The van der Waals surface area contributed by atoms with Gasteiger partial charge in [-0.15, -0.1) is 0 Å². The second-order valence-corrected chi connectivity index (χ2v) is 4.57. The van der Waals surface area contributed by atoms with Crippen LogP contribution >= 0.6 is 23.8 Å². The van der Waals surface area contributed by atoms with Gasteiger partial charge in [-0.25, -0.2) is 0 Å². The number of nitrogens with one attached hydrogen (secondary N) is 1. The molecule has 0 aliphatic carbocycles. The number of benzene rings is 1. The number of rotatable bonds is 2. The summed E-state index contributed by atoms with van der Waals surface area (Å²) in [5.74, 6) is 0. The Morgan fingerprint density at radius 1 is 1.22 bits per heavy atom. The number of nitrogens with zero attached hydrogens (tertiary/aromatic N) is 1. The van der Waals surface area contributed by atoms with Gasteiger partial charge in [0, 0.05) is 11.1 Å². The van der Waals surface area contributed by atoms with Crippen molar-refractivity contribution >= 4 is 23.8 Å². The van der Waals surface area contributed by atoms with Gasteiger partial charge in [0.2, 0.25) is 0 Å². The maximum absolute atomic E-state index is 12.5. The monoisotopic (exact) mass is 292 g/mol. The van der Waals surface area contributed by atoms with Crippen LogP contribution in [0, 0.1) is 4.64 Å². The Kier molecular flexibility index (Phi) is 3.49. The van der Waals surface area contributed by atoms with E-state index in [1.165, 1.54) is 4.68 Å². The molecule has 1 N–H and O–H groups in total. The van der Waals surface area contributed by atoms with Gasteiger partial charge in [0.15, 0.2) is 0 Å². The maximum Gasteiger partial charge on any atom is 0.432 e. The van der Waals surface area contributed by atoms with E-state index in [0.29, 0.717) is 5.02 Å². The third-order valence-corrected chi connectivity index (χ3v) is 2.94. The zero-order valence-electron chi connectivity index (χ0n) is 8.96. The molecule has 0 unspecified atom stereocenters. The molecule has 1 aromatic carbocycles. The Labute approximate surface area is 111 Å². The molecule has 0 bridgehead atoms. The van der Waals surface area contributed by atoms with E-state index in [4.69, 9.17) is 23.8 Å². The number of aromatic amines is 1. The maximum atomic E-state index is 12.5. The Hall–Kier alpha value is -1.27. The van der Waals surface area contributed by atoms with Crippen molar-refractivity contribution in [3.63, 3.8) is 0 Å². The molecule has 18 heavy (non-hydrogen) atoms. The van der Waals surface area contributed by atoms with Crippen LogP contribution in [0.3, 0.4) is 0 Å². The first-order valence-corrected chi connectivity index (χ1v) is 5.76. The van der Waals surface area contributed by atoms with Crippen LogP contribution in [0.15, 0.2) is 30.3 Å². The molecule has 0 atom stereocenters. The number of aromatic nitrogens is 2. The number of hydrogen-bond donors (Lipinski definition) is 1. The Bertz CT molecular complexity index is 598. The van der Waals surface area contributed by atoms with Crippen molar-refractivity contribution in [2.45, 2.75) is 12.7 Å². The summed E-state index contributed by atoms with van der Waals surface area (Å²) in [5, 5.41) is 2.81. The third-order valence-electron chi connectivity index (χ3n) is 2.35. The Morgan fingerprint density at radius 2 is 1.83 bits per heavy atom. The normalized spacial score (nSPS) is 11.8. The largest absolute Gasteiger partial charge is 0.432 e. The third kappa shape index (κ3) is 2.94. The van der Waals surface area contributed by atoms with Crippen molar-refractivity contribution < 1.29 is 13.2 Å². The molecule has 0 fully saturated rings. The highest BCUT2D eigenvalue weighted by Gasteiger charge is 2.32. The predicted octanol–water partition coefficient (Wildman–Crippen LogP) is 4.27. The lowest BCUT2D eigenvalue weighted by Gasteiger charge is -2.05. The fraction of sp³-hybridized carbons (Fsp3) is 0.182. The van der Waals surface area contributed by atoms with Crippen LogP contribution < -0.4 is 0 Å². The molecule has 0 aliphatic rings. The first kappa shape index (κ1) is 13.2. The van der Waals surface area contributed by atoms with Crippen LogP contribution in [-0.4, -0.2) is 9.78 Å². The summed E-state index contributed by atoms with van der Waals surface area (Å²) in [6.45, 7) is 0.242. The summed E-state index contributed by atoms with van der Waals surface area (Å²) in [5.41, 5.74) is -0.0347. The smallest absolute Gasteiger partial charge is 0.293 e. The zero-order valence-corrected chi connectivity index (χ0v) is 10.5. The molecule has 96 valence electrons. The molecule has 2 rings (SSSR count). The van der Waals surface area contributed by atoms with Crippen LogP contribution in [0.5, 0.6) is 0 Å². The molecular weight excluding hydrogens is 285 g/mol. The van der Waals surface area contributed by atoms with Gasteiger partial charge in [-0.3, -0.25) is 9.78 Å². The first-order chi connectivity index (χ1) is 8.36. The minimum absolute atomic E-state index is 0.109. The van der Waals surface area contributed by atoms with Crippen LogP contribution in [0.2, 0.25) is 5.02 Å². The van der Waals surface area contributed by atoms with Crippen molar-refractivity contribution in [3.05, 3.63) is 51.3 Å². The molecule has 2 aromatic rings. The van der Waals surface area contributed by atoms with Crippen molar-refractivity contribution in [3.8, 4) is 0 Å². The lowest BCUT2D eigenvalue weighted by atomic mass is 10.2. The molecule has 0 saturated carbocycles. The van der Waals surface area contributed by atoms with Crippen molar-refractivity contribution in [2.75, 3.05) is 0 Å². The predicted molar refractivity (Wildman–Crippen MR) is 65.2 cm³/mol. The number of H-pyrrole nitrogens is 1. The zero-order chi connectivity index (χ0) is 13.3. The average molecular weight is 293 g/mol. The van der Waals surface area contributed by atoms with Gasteiger partial charge in [-0.2, -0.15) is 13.2 Å². The minimum Gasteiger partial charge on any atom is -0.293 e. The van der Waals surface area contributed by atoms with E-state index >= 15 is 0 Å². The molecule has 1 heterocycles. The van der Waals surface area contributed by atoms with E-state index in [1.807, 2.05) is 0 Å². The van der Waals surface area contributed by atoms with Crippen LogP contribution in [0.1, 0.15) is 11.3 Å². The minimum atomic E-state index is -4.42. The Morgan fingerprint density at radius 3 is 2.33 bits per heavy atom. The van der Waals surface area contributed by atoms with Gasteiger partial charge < -0.3 is 0 Å². The molecule has 0 saturated heterocycles. The molecule has 0 amide bonds. The lowest BCUT2D eigenvalue weighted by molar-refractivity contribution is -0.141. The molecule has 1 aromatic heterocycles. The molecule has 2 nitrogen and oxygen atoms in total. The second kappa shape index (κ2) is 4.78. The highest BCUT2D eigenvalue weighted by molar-refractivity contribution is 7.71. The number of alkyl halides is 3. The summed E-state index contributed by atoms with van der Waals surface area (Å²) in [6.07, 6.45) is -4.42. The lowest BCUT2D eigenvalue weighted by Crippen LogP contribution is -2.08. The molecular formula is C11H8ClF3N2S. The summed E-state index contributed by atoms with van der Waals surface area (Å²) in [4.78, 5) is 0. The fourth-order valence-electron chi connectivity index (χ4n) is 1.47. The summed E-state index contributed by atoms with van der Waals surface area (Å²) in [7, 11) is 0. The van der Waals surface area contributed by atoms with Gasteiger partial charge in [0.25, 0.3) is 0 Å². The number of halogens is 4. The number of hydrogen-bond acceptors (Lipinski definition) is 1. The molecule has 0 radical (unpaired) electrons. The summed E-state index contributed by atoms with van der Waals surface area (Å²) >= 11 is 10.6.